The first-order valence-corrected chi connectivity index (χ1v) is 20.9. The zero-order valence-electron chi connectivity index (χ0n) is 32.6. The molecule has 2 aliphatic carbocycles. The molecule has 1 saturated heterocycles. The molecule has 4 amide bonds. The number of nitrogens with one attached hydrogen (secondary N) is 3. The molecule has 0 radical (unpaired) electrons. The molecule has 15 heteroatoms. The monoisotopic (exact) mass is 779 g/mol. The van der Waals surface area contributed by atoms with Gasteiger partial charge in [0.25, 0.3) is 5.91 Å². The Bertz CT molecular complexity index is 2060. The molecule has 1 aromatic heterocycles. The van der Waals surface area contributed by atoms with Gasteiger partial charge in [0.05, 0.1) is 29.6 Å². The van der Waals surface area contributed by atoms with E-state index in [1.165, 1.54) is 4.90 Å². The van der Waals surface area contributed by atoms with E-state index in [1.54, 1.807) is 34.8 Å². The van der Waals surface area contributed by atoms with E-state index in [4.69, 9.17) is 19.2 Å². The number of alkyl carbamates (subject to hydrolysis) is 1. The number of carbonyl (C=O) groups excluding carboxylic acids is 4. The molecule has 3 N–H and O–H groups in total. The van der Waals surface area contributed by atoms with Crippen LogP contribution in [0.25, 0.3) is 10.9 Å². The minimum absolute atomic E-state index is 0.0424. The topological polar surface area (TPSA) is 182 Å². The Balaban J connectivity index is 1.24. The molecule has 1 spiro atoms. The second-order valence-electron chi connectivity index (χ2n) is 17.3. The fourth-order valence-corrected chi connectivity index (χ4v) is 9.56. The van der Waals surface area contributed by atoms with Gasteiger partial charge >= 0.3 is 6.09 Å². The Labute approximate surface area is 322 Å². The highest BCUT2D eigenvalue weighted by Gasteiger charge is 2.64. The average molecular weight is 780 g/mol. The summed E-state index contributed by atoms with van der Waals surface area (Å²) >= 11 is 0. The number of allylic oxidation sites excluding steroid dienone is 1. The van der Waals surface area contributed by atoms with Crippen molar-refractivity contribution in [3.8, 4) is 11.5 Å². The predicted octanol–water partition coefficient (Wildman–Crippen LogP) is 4.50. The second kappa shape index (κ2) is 14.0. The molecule has 298 valence electrons. The molecule has 1 aromatic carbocycles. The van der Waals surface area contributed by atoms with Crippen molar-refractivity contribution in [1.29, 1.82) is 0 Å². The Kier molecular flexibility index (Phi) is 9.86. The van der Waals surface area contributed by atoms with Gasteiger partial charge in [-0.05, 0) is 104 Å². The number of hydrogen-bond donors (Lipinski definition) is 3. The highest BCUT2D eigenvalue weighted by atomic mass is 32.2. The third kappa shape index (κ3) is 7.60. The summed E-state index contributed by atoms with van der Waals surface area (Å²) in [6.07, 6.45) is 8.59. The lowest BCUT2D eigenvalue weighted by atomic mass is 9.87. The summed E-state index contributed by atoms with van der Waals surface area (Å²) in [5.41, 5.74) is -0.869. The van der Waals surface area contributed by atoms with E-state index in [1.807, 2.05) is 37.3 Å². The third-order valence-electron chi connectivity index (χ3n) is 11.9. The Morgan fingerprint density at radius 2 is 1.85 bits per heavy atom. The first kappa shape index (κ1) is 38.9. The number of benzene rings is 1. The van der Waals surface area contributed by atoms with E-state index in [9.17, 15) is 27.6 Å². The lowest BCUT2D eigenvalue weighted by Crippen LogP contribution is -2.58. The molecule has 5 atom stereocenters. The van der Waals surface area contributed by atoms with Gasteiger partial charge in [-0.3, -0.25) is 19.1 Å². The minimum atomic E-state index is -3.99. The van der Waals surface area contributed by atoms with Crippen molar-refractivity contribution >= 4 is 44.7 Å². The summed E-state index contributed by atoms with van der Waals surface area (Å²) < 4.78 is 45.6. The largest absolute Gasteiger partial charge is 0.497 e. The van der Waals surface area contributed by atoms with Gasteiger partial charge in [-0.2, -0.15) is 0 Å². The molecule has 2 saturated carbocycles. The quantitative estimate of drug-likeness (QED) is 0.366. The van der Waals surface area contributed by atoms with Crippen molar-refractivity contribution in [3.05, 3.63) is 41.6 Å². The highest BCUT2D eigenvalue weighted by molar-refractivity contribution is 7.91. The maximum Gasteiger partial charge on any atom is 0.408 e. The second-order valence-corrected chi connectivity index (χ2v) is 19.5. The summed E-state index contributed by atoms with van der Waals surface area (Å²) in [6.45, 7) is 8.73. The van der Waals surface area contributed by atoms with Crippen LogP contribution in [0.5, 0.6) is 11.5 Å². The number of nitrogens with zero attached hydrogens (tertiary/aromatic N) is 2. The first-order chi connectivity index (χ1) is 25.9. The van der Waals surface area contributed by atoms with Crippen molar-refractivity contribution in [2.24, 2.45) is 5.92 Å². The number of pyridine rings is 1. The number of aromatic nitrogens is 1. The molecule has 4 heterocycles. The van der Waals surface area contributed by atoms with Gasteiger partial charge in [0, 0.05) is 23.3 Å². The molecule has 55 heavy (non-hydrogen) atoms. The molecule has 0 bridgehead atoms. The van der Waals surface area contributed by atoms with Crippen molar-refractivity contribution in [1.82, 2.24) is 25.2 Å². The summed E-state index contributed by atoms with van der Waals surface area (Å²) in [6, 6.07) is 3.60. The van der Waals surface area contributed by atoms with Crippen molar-refractivity contribution in [2.75, 3.05) is 13.7 Å². The smallest absolute Gasteiger partial charge is 0.408 e. The van der Waals surface area contributed by atoms with Gasteiger partial charge < -0.3 is 29.7 Å². The van der Waals surface area contributed by atoms with Crippen molar-refractivity contribution in [2.45, 2.75) is 139 Å². The van der Waals surface area contributed by atoms with Crippen LogP contribution in [-0.4, -0.2) is 89.3 Å². The molecule has 0 unspecified atom stereocenters. The molecule has 2 aromatic rings. The molecular weight excluding hydrogens is 727 g/mol. The number of rotatable bonds is 5. The Hall–Kier alpha value is -4.40. The van der Waals surface area contributed by atoms with Crippen LogP contribution in [-0.2, 0) is 35.6 Å². The van der Waals surface area contributed by atoms with Gasteiger partial charge in [0.2, 0.25) is 21.8 Å². The number of aryl methyl sites for hydroxylation is 2. The molecular formula is C40H53N5O9S. The van der Waals surface area contributed by atoms with Crippen LogP contribution in [0.15, 0.2) is 30.4 Å². The number of methoxy groups -OCH3 is 1. The lowest BCUT2D eigenvalue weighted by Gasteiger charge is -2.36. The van der Waals surface area contributed by atoms with Gasteiger partial charge in [0.15, 0.2) is 0 Å². The number of hydrogen-bond acceptors (Lipinski definition) is 10. The Morgan fingerprint density at radius 3 is 2.56 bits per heavy atom. The fraction of sp³-hybridized carbons (Fsp3) is 0.625. The number of fused-ring (bicyclic) bond motifs is 5. The standard InChI is InChI=1S/C40H53N5O9S/c1-24-32-27(28-20-26(52-6)14-15-29(28)41-24)16-17-39(53-32)22-31-33(46)43-40(35(48)44-55(50,51)38(5)18-19-38)21-25(40)12-10-8-7-9-11-13-30(34(47)45(31)23-39)42-36(49)54-37(2,3)4/h10,12,14-15,20,25,30-31H,7-9,11,13,16-19,21-23H2,1-6H3,(H,42,49)(H,43,46)(H,44,48)/b12-10-/t25-,30+,31+,39-,40-/m1/s1. The van der Waals surface area contributed by atoms with E-state index >= 15 is 0 Å². The first-order valence-electron chi connectivity index (χ1n) is 19.4. The van der Waals surface area contributed by atoms with E-state index in [0.29, 0.717) is 62.1 Å². The fourth-order valence-electron chi connectivity index (χ4n) is 8.25. The zero-order chi connectivity index (χ0) is 39.6. The van der Waals surface area contributed by atoms with Crippen LogP contribution in [0.2, 0.25) is 0 Å². The molecule has 5 aliphatic rings. The minimum Gasteiger partial charge on any atom is -0.497 e. The number of sulfonamides is 1. The van der Waals surface area contributed by atoms with Crippen LogP contribution >= 0.6 is 0 Å². The molecule has 14 nitrogen and oxygen atoms in total. The molecule has 3 aliphatic heterocycles. The number of carbonyl (C=O) groups is 4. The van der Waals surface area contributed by atoms with Crippen LogP contribution in [0, 0.1) is 12.8 Å². The summed E-state index contributed by atoms with van der Waals surface area (Å²) in [5, 5.41) is 6.63. The van der Waals surface area contributed by atoms with Crippen LogP contribution in [0.3, 0.4) is 0 Å². The van der Waals surface area contributed by atoms with Crippen molar-refractivity contribution < 1.29 is 41.8 Å². The molecule has 3 fully saturated rings. The Morgan fingerprint density at radius 1 is 1.09 bits per heavy atom. The van der Waals surface area contributed by atoms with Crippen LogP contribution in [0.4, 0.5) is 4.79 Å². The normalized spacial score (nSPS) is 29.6. The summed E-state index contributed by atoms with van der Waals surface area (Å²) in [4.78, 5) is 62.7. The van der Waals surface area contributed by atoms with Crippen molar-refractivity contribution in [3.63, 3.8) is 0 Å². The van der Waals surface area contributed by atoms with Gasteiger partial charge in [-0.25, -0.2) is 18.2 Å². The van der Waals surface area contributed by atoms with E-state index in [-0.39, 0.29) is 19.4 Å². The predicted molar refractivity (Wildman–Crippen MR) is 204 cm³/mol. The average Bonchev–Trinajstić information content (AvgIpc) is 4.01. The third-order valence-corrected chi connectivity index (χ3v) is 14.0. The SMILES string of the molecule is COc1ccc2nc(C)c3c(c2c1)CC[C@]1(C[C@H]2C(=O)N[C@]4(C(=O)NS(=O)(=O)C5(C)CC5)C[C@H]4/C=C\CCCCC[C@H](NC(=O)OC(C)(C)C)C(=O)N2C1)O3. The lowest BCUT2D eigenvalue weighted by molar-refractivity contribution is -0.141. The maximum atomic E-state index is 14.7. The summed E-state index contributed by atoms with van der Waals surface area (Å²) in [7, 11) is -2.38. The maximum absolute atomic E-state index is 14.7. The van der Waals surface area contributed by atoms with E-state index in [2.05, 4.69) is 15.4 Å². The molecule has 7 rings (SSSR count). The van der Waals surface area contributed by atoms with E-state index < -0.39 is 73.3 Å². The van der Waals surface area contributed by atoms with Gasteiger partial charge in [-0.15, -0.1) is 0 Å². The number of amides is 4. The number of ether oxygens (including phenoxy) is 3. The van der Waals surface area contributed by atoms with Crippen LogP contribution < -0.4 is 24.8 Å². The van der Waals surface area contributed by atoms with Crippen LogP contribution in [0.1, 0.15) is 103 Å². The van der Waals surface area contributed by atoms with E-state index in [0.717, 1.165) is 29.3 Å². The zero-order valence-corrected chi connectivity index (χ0v) is 33.4. The van der Waals surface area contributed by atoms with Gasteiger partial charge in [-0.1, -0.05) is 25.0 Å². The van der Waals surface area contributed by atoms with Gasteiger partial charge in [0.1, 0.15) is 40.3 Å². The summed E-state index contributed by atoms with van der Waals surface area (Å²) in [5.74, 6) is -0.990. The highest BCUT2D eigenvalue weighted by Crippen LogP contribution is 2.49.